The van der Waals surface area contributed by atoms with Gasteiger partial charge in [-0.2, -0.15) is 0 Å². The van der Waals surface area contributed by atoms with E-state index in [4.69, 9.17) is 4.74 Å². The highest BCUT2D eigenvalue weighted by Crippen LogP contribution is 2.40. The molecule has 1 saturated heterocycles. The van der Waals surface area contributed by atoms with Crippen LogP contribution in [0.25, 0.3) is 6.08 Å². The van der Waals surface area contributed by atoms with Crippen LogP contribution in [0, 0.1) is 0 Å². The number of hydrogen-bond donors (Lipinski definition) is 1. The minimum absolute atomic E-state index is 0.0697. The highest BCUT2D eigenvalue weighted by molar-refractivity contribution is 5.95. The molecule has 1 saturated carbocycles. The quantitative estimate of drug-likeness (QED) is 0.871. The molecule has 2 aliphatic rings. The van der Waals surface area contributed by atoms with E-state index in [1.54, 1.807) is 6.08 Å². The fourth-order valence-corrected chi connectivity index (χ4v) is 3.50. The zero-order chi connectivity index (χ0) is 16.3. The predicted molar refractivity (Wildman–Crippen MR) is 85.5 cm³/mol. The number of carbonyl (C=O) groups excluding carboxylic acids is 1. The first kappa shape index (κ1) is 15.7. The number of rotatable bonds is 3. The smallest absolute Gasteiger partial charge is 0.328 e. The van der Waals surface area contributed by atoms with Crippen LogP contribution in [0.1, 0.15) is 37.7 Å². The summed E-state index contributed by atoms with van der Waals surface area (Å²) in [5.41, 5.74) is 0.171. The first-order valence-corrected chi connectivity index (χ1v) is 8.06. The molecule has 1 spiro atoms. The van der Waals surface area contributed by atoms with E-state index in [0.717, 1.165) is 24.8 Å². The fraction of sp³-hybridized carbons (Fsp3) is 0.444. The molecule has 0 bridgehead atoms. The van der Waals surface area contributed by atoms with Crippen molar-refractivity contribution in [2.45, 2.75) is 43.9 Å². The standard InChI is InChI=1S/C18H21NO4/c20-16(10-9-14-7-3-1-4-8-14)19-15(17(21)22)13-23-18(19)11-5-2-6-12-18/h1,3-4,7-10,15H,2,5-6,11-13H2,(H,21,22)/b10-9-/t15-/m0/s1. The summed E-state index contributed by atoms with van der Waals surface area (Å²) in [5.74, 6) is -1.30. The van der Waals surface area contributed by atoms with E-state index in [0.29, 0.717) is 12.8 Å². The third kappa shape index (κ3) is 3.15. The Balaban J connectivity index is 1.84. The number of nitrogens with zero attached hydrogens (tertiary/aromatic N) is 1. The van der Waals surface area contributed by atoms with Crippen LogP contribution < -0.4 is 0 Å². The largest absolute Gasteiger partial charge is 0.480 e. The molecule has 5 heteroatoms. The van der Waals surface area contributed by atoms with E-state index in [1.807, 2.05) is 30.3 Å². The minimum Gasteiger partial charge on any atom is -0.480 e. The zero-order valence-corrected chi connectivity index (χ0v) is 13.0. The van der Waals surface area contributed by atoms with Crippen LogP contribution >= 0.6 is 0 Å². The van der Waals surface area contributed by atoms with Crippen molar-refractivity contribution in [2.24, 2.45) is 0 Å². The molecule has 0 aromatic heterocycles. The topological polar surface area (TPSA) is 66.8 Å². The monoisotopic (exact) mass is 315 g/mol. The second-order valence-corrected chi connectivity index (χ2v) is 6.12. The maximum Gasteiger partial charge on any atom is 0.328 e. The van der Waals surface area contributed by atoms with Crippen LogP contribution in [-0.4, -0.2) is 40.3 Å². The molecule has 23 heavy (non-hydrogen) atoms. The summed E-state index contributed by atoms with van der Waals surface area (Å²) in [5, 5.41) is 9.43. The Morgan fingerprint density at radius 1 is 1.17 bits per heavy atom. The lowest BCUT2D eigenvalue weighted by molar-refractivity contribution is -0.159. The van der Waals surface area contributed by atoms with E-state index in [-0.39, 0.29) is 12.5 Å². The third-order valence-corrected chi connectivity index (χ3v) is 4.64. The molecule has 1 aromatic carbocycles. The molecule has 0 unspecified atom stereocenters. The summed E-state index contributed by atoms with van der Waals surface area (Å²) in [6.07, 6.45) is 7.61. The molecule has 3 rings (SSSR count). The van der Waals surface area contributed by atoms with Gasteiger partial charge in [0.25, 0.3) is 0 Å². The van der Waals surface area contributed by atoms with Gasteiger partial charge in [0.2, 0.25) is 5.91 Å². The Labute approximate surface area is 135 Å². The Hall–Kier alpha value is -2.14. The van der Waals surface area contributed by atoms with Crippen molar-refractivity contribution >= 4 is 18.0 Å². The average molecular weight is 315 g/mol. The lowest BCUT2D eigenvalue weighted by Crippen LogP contribution is -2.54. The van der Waals surface area contributed by atoms with Crippen LogP contribution in [0.5, 0.6) is 0 Å². The van der Waals surface area contributed by atoms with Crippen molar-refractivity contribution in [1.82, 2.24) is 4.90 Å². The number of carboxylic acid groups (broad SMARTS) is 1. The molecule has 1 aromatic rings. The first-order chi connectivity index (χ1) is 11.1. The summed E-state index contributed by atoms with van der Waals surface area (Å²) >= 11 is 0. The second kappa shape index (κ2) is 6.54. The van der Waals surface area contributed by atoms with E-state index in [2.05, 4.69) is 0 Å². The third-order valence-electron chi connectivity index (χ3n) is 4.64. The number of aliphatic carboxylic acids is 1. The van der Waals surface area contributed by atoms with Crippen LogP contribution in [0.2, 0.25) is 0 Å². The normalized spacial score (nSPS) is 23.5. The number of ether oxygens (including phenoxy) is 1. The van der Waals surface area contributed by atoms with E-state index in [9.17, 15) is 14.7 Å². The average Bonchev–Trinajstić information content (AvgIpc) is 2.93. The number of amides is 1. The first-order valence-electron chi connectivity index (χ1n) is 8.06. The number of benzene rings is 1. The number of carboxylic acids is 1. The van der Waals surface area contributed by atoms with Gasteiger partial charge < -0.3 is 9.84 Å². The maximum atomic E-state index is 12.7. The van der Waals surface area contributed by atoms with Crippen molar-refractivity contribution in [1.29, 1.82) is 0 Å². The van der Waals surface area contributed by atoms with Gasteiger partial charge in [-0.1, -0.05) is 36.8 Å². The van der Waals surface area contributed by atoms with Crippen LogP contribution in [0.4, 0.5) is 0 Å². The highest BCUT2D eigenvalue weighted by Gasteiger charge is 2.52. The zero-order valence-electron chi connectivity index (χ0n) is 13.0. The molecule has 1 N–H and O–H groups in total. The number of hydrogen-bond acceptors (Lipinski definition) is 3. The van der Waals surface area contributed by atoms with Gasteiger partial charge in [-0.15, -0.1) is 0 Å². The van der Waals surface area contributed by atoms with Gasteiger partial charge in [0, 0.05) is 6.08 Å². The van der Waals surface area contributed by atoms with Crippen LogP contribution in [-0.2, 0) is 14.3 Å². The van der Waals surface area contributed by atoms with E-state index < -0.39 is 17.7 Å². The lowest BCUT2D eigenvalue weighted by atomic mass is 9.90. The Bertz CT molecular complexity index is 605. The van der Waals surface area contributed by atoms with Gasteiger partial charge >= 0.3 is 5.97 Å². The van der Waals surface area contributed by atoms with Gasteiger partial charge in [0.1, 0.15) is 5.72 Å². The van der Waals surface area contributed by atoms with E-state index >= 15 is 0 Å². The van der Waals surface area contributed by atoms with Crippen molar-refractivity contribution in [2.75, 3.05) is 6.61 Å². The molecular formula is C18H21NO4. The highest BCUT2D eigenvalue weighted by atomic mass is 16.5. The van der Waals surface area contributed by atoms with Crippen molar-refractivity contribution < 1.29 is 19.4 Å². The van der Waals surface area contributed by atoms with Gasteiger partial charge in [-0.25, -0.2) is 4.79 Å². The molecular weight excluding hydrogens is 294 g/mol. The molecule has 1 aliphatic carbocycles. The summed E-state index contributed by atoms with van der Waals surface area (Å²) in [4.78, 5) is 25.7. The molecule has 5 nitrogen and oxygen atoms in total. The maximum absolute atomic E-state index is 12.7. The Kier molecular flexibility index (Phi) is 4.48. The molecule has 2 fully saturated rings. The summed E-state index contributed by atoms with van der Waals surface area (Å²) < 4.78 is 5.83. The summed E-state index contributed by atoms with van der Waals surface area (Å²) in [6, 6.07) is 8.59. The van der Waals surface area contributed by atoms with E-state index in [1.165, 1.54) is 11.0 Å². The predicted octanol–water partition coefficient (Wildman–Crippen LogP) is 2.67. The van der Waals surface area contributed by atoms with Crippen LogP contribution in [0.3, 0.4) is 0 Å². The van der Waals surface area contributed by atoms with Gasteiger partial charge in [0.05, 0.1) is 6.61 Å². The summed E-state index contributed by atoms with van der Waals surface area (Å²) in [7, 11) is 0. The van der Waals surface area contributed by atoms with Crippen molar-refractivity contribution in [3.05, 3.63) is 42.0 Å². The second-order valence-electron chi connectivity index (χ2n) is 6.12. The molecule has 1 amide bonds. The van der Waals surface area contributed by atoms with Crippen LogP contribution in [0.15, 0.2) is 36.4 Å². The van der Waals surface area contributed by atoms with Gasteiger partial charge in [0.15, 0.2) is 6.04 Å². The van der Waals surface area contributed by atoms with Crippen molar-refractivity contribution in [3.63, 3.8) is 0 Å². The molecule has 1 heterocycles. The molecule has 122 valence electrons. The SMILES string of the molecule is O=C(O)[C@@H]1COC2(CCCCC2)N1C(=O)/C=C\c1ccccc1. The Morgan fingerprint density at radius 3 is 2.52 bits per heavy atom. The fourth-order valence-electron chi connectivity index (χ4n) is 3.50. The minimum atomic E-state index is -1.01. The molecule has 0 radical (unpaired) electrons. The van der Waals surface area contributed by atoms with Gasteiger partial charge in [-0.05, 0) is 37.3 Å². The molecule has 1 atom stereocenters. The molecule has 1 aliphatic heterocycles. The lowest BCUT2D eigenvalue weighted by Gasteiger charge is -2.40. The Morgan fingerprint density at radius 2 is 1.87 bits per heavy atom. The van der Waals surface area contributed by atoms with Crippen molar-refractivity contribution in [3.8, 4) is 0 Å². The number of carbonyl (C=O) groups is 2. The van der Waals surface area contributed by atoms with Gasteiger partial charge in [-0.3, -0.25) is 9.69 Å². The summed E-state index contributed by atoms with van der Waals surface area (Å²) in [6.45, 7) is 0.0697.